The van der Waals surface area contributed by atoms with Gasteiger partial charge in [0.25, 0.3) is 0 Å². The molecule has 0 spiro atoms. The minimum Gasteiger partial charge on any atom is -0.489 e. The van der Waals surface area contributed by atoms with E-state index in [-0.39, 0.29) is 11.5 Å². The number of hydrogen-bond acceptors (Lipinski definition) is 6. The Morgan fingerprint density at radius 2 is 1.67 bits per heavy atom. The topological polar surface area (TPSA) is 83.1 Å². The van der Waals surface area contributed by atoms with Gasteiger partial charge in [0.15, 0.2) is 5.16 Å². The maximum absolute atomic E-state index is 11.4. The molecule has 0 N–H and O–H groups in total. The zero-order valence-corrected chi connectivity index (χ0v) is 19.2. The van der Waals surface area contributed by atoms with Crippen molar-refractivity contribution in [1.29, 1.82) is 0 Å². The molecule has 0 radical (unpaired) electrons. The highest BCUT2D eigenvalue weighted by Crippen LogP contribution is 2.36. The summed E-state index contributed by atoms with van der Waals surface area (Å²) < 4.78 is 7.77. The second-order valence-corrected chi connectivity index (χ2v) is 8.84. The summed E-state index contributed by atoms with van der Waals surface area (Å²) >= 11 is 1.34. The Kier molecular flexibility index (Phi) is 7.04. The monoisotopic (exact) mass is 460 g/mol. The lowest BCUT2D eigenvalue weighted by molar-refractivity contribution is -0.479. The lowest BCUT2D eigenvalue weighted by Crippen LogP contribution is -2.11. The van der Waals surface area contributed by atoms with Crippen LogP contribution in [0.25, 0.3) is 5.69 Å². The summed E-state index contributed by atoms with van der Waals surface area (Å²) in [6.07, 6.45) is 0. The largest absolute Gasteiger partial charge is 0.489 e. The fourth-order valence-electron chi connectivity index (χ4n) is 3.40. The average Bonchev–Trinajstić information content (AvgIpc) is 3.18. The summed E-state index contributed by atoms with van der Waals surface area (Å²) in [6, 6.07) is 25.4. The highest BCUT2D eigenvalue weighted by atomic mass is 32.2. The normalized spacial score (nSPS) is 11.8. The summed E-state index contributed by atoms with van der Waals surface area (Å²) in [4.78, 5) is 11.1. The van der Waals surface area contributed by atoms with E-state index >= 15 is 0 Å². The number of thioether (sulfide) groups is 1. The Balaban J connectivity index is 1.53. The molecular weight excluding hydrogens is 436 g/mol. The van der Waals surface area contributed by atoms with Crippen molar-refractivity contribution < 1.29 is 9.66 Å². The Bertz CT molecular complexity index is 1210. The number of rotatable bonds is 9. The van der Waals surface area contributed by atoms with Crippen LogP contribution in [0, 0.1) is 24.0 Å². The van der Waals surface area contributed by atoms with Gasteiger partial charge in [-0.15, -0.1) is 10.2 Å². The zero-order valence-electron chi connectivity index (χ0n) is 18.4. The van der Waals surface area contributed by atoms with Gasteiger partial charge in [-0.2, -0.15) is 0 Å². The number of ether oxygens (including phenoxy) is 1. The van der Waals surface area contributed by atoms with Gasteiger partial charge in [0.2, 0.25) is 6.54 Å². The molecule has 3 aromatic carbocycles. The smallest absolute Gasteiger partial charge is 0.220 e. The van der Waals surface area contributed by atoms with Gasteiger partial charge in [-0.1, -0.05) is 71.9 Å². The first-order valence-electron chi connectivity index (χ1n) is 10.5. The van der Waals surface area contributed by atoms with E-state index < -0.39 is 5.25 Å². The number of nitro groups is 1. The highest BCUT2D eigenvalue weighted by Gasteiger charge is 2.23. The third-order valence-electron chi connectivity index (χ3n) is 5.15. The number of benzene rings is 3. The van der Waals surface area contributed by atoms with E-state index in [4.69, 9.17) is 4.74 Å². The molecule has 8 heteroatoms. The first kappa shape index (κ1) is 22.5. The van der Waals surface area contributed by atoms with Crippen molar-refractivity contribution in [3.05, 3.63) is 111 Å². The molecule has 0 unspecified atom stereocenters. The maximum Gasteiger partial charge on any atom is 0.220 e. The van der Waals surface area contributed by atoms with Crippen molar-refractivity contribution in [3.63, 3.8) is 0 Å². The van der Waals surface area contributed by atoms with E-state index in [0.29, 0.717) is 17.5 Å². The van der Waals surface area contributed by atoms with Crippen LogP contribution in [0.4, 0.5) is 0 Å². The number of aryl methyl sites for hydroxylation is 2. The van der Waals surface area contributed by atoms with Crippen LogP contribution in [0.2, 0.25) is 0 Å². The molecule has 0 aliphatic heterocycles. The minimum atomic E-state index is -0.420. The lowest BCUT2D eigenvalue weighted by Gasteiger charge is -2.15. The Morgan fingerprint density at radius 1 is 0.970 bits per heavy atom. The molecule has 0 aliphatic rings. The SMILES string of the molecule is Cc1ccc(-n2c(C)nnc2S[C@H](C[N+](=O)[O-])c2ccc(OCc3ccccc3)cc2)cc1. The number of nitrogens with zero attached hydrogens (tertiary/aromatic N) is 4. The summed E-state index contributed by atoms with van der Waals surface area (Å²) in [5.74, 6) is 1.44. The Hall–Kier alpha value is -3.65. The molecular formula is C25H24N4O3S. The van der Waals surface area contributed by atoms with Gasteiger partial charge in [0, 0.05) is 10.6 Å². The van der Waals surface area contributed by atoms with Gasteiger partial charge in [0.1, 0.15) is 23.4 Å². The predicted octanol–water partition coefficient (Wildman–Crippen LogP) is 5.57. The second kappa shape index (κ2) is 10.3. The van der Waals surface area contributed by atoms with Crippen LogP contribution in [-0.2, 0) is 6.61 Å². The van der Waals surface area contributed by atoms with Crippen LogP contribution in [-0.4, -0.2) is 26.2 Å². The van der Waals surface area contributed by atoms with Crippen molar-refractivity contribution in [2.45, 2.75) is 30.9 Å². The van der Waals surface area contributed by atoms with E-state index in [1.807, 2.05) is 97.3 Å². The third-order valence-corrected chi connectivity index (χ3v) is 6.33. The predicted molar refractivity (Wildman–Crippen MR) is 129 cm³/mol. The molecule has 0 fully saturated rings. The van der Waals surface area contributed by atoms with Gasteiger partial charge in [0.05, 0.1) is 0 Å². The van der Waals surface area contributed by atoms with Crippen LogP contribution in [0.15, 0.2) is 84.0 Å². The van der Waals surface area contributed by atoms with Gasteiger partial charge in [-0.3, -0.25) is 14.7 Å². The van der Waals surface area contributed by atoms with E-state index in [1.165, 1.54) is 11.8 Å². The molecule has 4 rings (SSSR count). The second-order valence-electron chi connectivity index (χ2n) is 7.67. The van der Waals surface area contributed by atoms with Crippen molar-refractivity contribution in [2.24, 2.45) is 0 Å². The Labute approximate surface area is 196 Å². The van der Waals surface area contributed by atoms with Gasteiger partial charge in [-0.25, -0.2) is 0 Å². The average molecular weight is 461 g/mol. The van der Waals surface area contributed by atoms with E-state index in [0.717, 1.165) is 28.2 Å². The minimum absolute atomic E-state index is 0.227. The molecule has 4 aromatic rings. The van der Waals surface area contributed by atoms with Gasteiger partial charge in [-0.05, 0) is 49.2 Å². The molecule has 1 aromatic heterocycles. The fourth-order valence-corrected chi connectivity index (χ4v) is 4.58. The van der Waals surface area contributed by atoms with Gasteiger partial charge < -0.3 is 4.74 Å². The molecule has 0 amide bonds. The van der Waals surface area contributed by atoms with Crippen LogP contribution in [0.5, 0.6) is 5.75 Å². The van der Waals surface area contributed by atoms with Crippen molar-refractivity contribution in [3.8, 4) is 11.4 Å². The quantitative estimate of drug-likeness (QED) is 0.184. The maximum atomic E-state index is 11.4. The zero-order chi connectivity index (χ0) is 23.2. The van der Waals surface area contributed by atoms with Crippen LogP contribution in [0.3, 0.4) is 0 Å². The molecule has 0 saturated heterocycles. The molecule has 33 heavy (non-hydrogen) atoms. The summed E-state index contributed by atoms with van der Waals surface area (Å²) in [5, 5.41) is 20.1. The first-order valence-corrected chi connectivity index (χ1v) is 11.4. The summed E-state index contributed by atoms with van der Waals surface area (Å²) in [7, 11) is 0. The number of hydrogen-bond donors (Lipinski definition) is 0. The first-order chi connectivity index (χ1) is 16.0. The Morgan fingerprint density at radius 3 is 2.33 bits per heavy atom. The van der Waals surface area contributed by atoms with Crippen LogP contribution < -0.4 is 4.74 Å². The van der Waals surface area contributed by atoms with Crippen molar-refractivity contribution in [1.82, 2.24) is 14.8 Å². The number of aromatic nitrogens is 3. The van der Waals surface area contributed by atoms with E-state index in [1.54, 1.807) is 0 Å². The summed E-state index contributed by atoms with van der Waals surface area (Å²) in [6.45, 7) is 4.14. The fraction of sp³-hybridized carbons (Fsp3) is 0.200. The van der Waals surface area contributed by atoms with Crippen molar-refractivity contribution >= 4 is 11.8 Å². The highest BCUT2D eigenvalue weighted by molar-refractivity contribution is 7.99. The molecule has 0 saturated carbocycles. The van der Waals surface area contributed by atoms with Crippen LogP contribution >= 0.6 is 11.8 Å². The van der Waals surface area contributed by atoms with Crippen LogP contribution in [0.1, 0.15) is 27.8 Å². The molecule has 7 nitrogen and oxygen atoms in total. The van der Waals surface area contributed by atoms with E-state index in [2.05, 4.69) is 10.2 Å². The molecule has 168 valence electrons. The van der Waals surface area contributed by atoms with Crippen molar-refractivity contribution in [2.75, 3.05) is 6.54 Å². The van der Waals surface area contributed by atoms with E-state index in [9.17, 15) is 10.1 Å². The molecule has 0 bridgehead atoms. The molecule has 0 aliphatic carbocycles. The standard InChI is InChI=1S/C25H24N4O3S/c1-18-8-12-22(13-9-18)29-19(2)26-27-25(29)33-24(16-28(30)31)21-10-14-23(15-11-21)32-17-20-6-4-3-5-7-20/h3-15,24H,16-17H2,1-2H3/t24-/m1/s1. The summed E-state index contributed by atoms with van der Waals surface area (Å²) in [5.41, 5.74) is 3.99. The molecule has 1 atom stereocenters. The third kappa shape index (κ3) is 5.78. The molecule has 1 heterocycles. The van der Waals surface area contributed by atoms with Gasteiger partial charge >= 0.3 is 0 Å². The lowest BCUT2D eigenvalue weighted by atomic mass is 10.1.